The number of hydrogen-bond acceptors (Lipinski definition) is 2. The predicted molar refractivity (Wildman–Crippen MR) is 131 cm³/mol. The summed E-state index contributed by atoms with van der Waals surface area (Å²) < 4.78 is 0. The smallest absolute Gasteiger partial charge is 0.193 e. The van der Waals surface area contributed by atoms with E-state index < -0.39 is 0 Å². The lowest BCUT2D eigenvalue weighted by Gasteiger charge is -2.33. The maximum atomic E-state index is 4.53. The number of rotatable bonds is 5. The van der Waals surface area contributed by atoms with Gasteiger partial charge >= 0.3 is 0 Å². The SMILES string of the molecule is CCN1CCC(CCNC(=NC)N2CCC(=Cc3ccccc3)CC2)CC1.I. The Bertz CT molecular complexity index is 611. The summed E-state index contributed by atoms with van der Waals surface area (Å²) in [5.41, 5.74) is 2.87. The normalized spacial score (nSPS) is 19.3. The van der Waals surface area contributed by atoms with Gasteiger partial charge in [-0.25, -0.2) is 0 Å². The van der Waals surface area contributed by atoms with E-state index in [1.165, 1.54) is 44.5 Å². The first kappa shape index (κ1) is 23.2. The third kappa shape index (κ3) is 7.07. The summed E-state index contributed by atoms with van der Waals surface area (Å²) >= 11 is 0. The highest BCUT2D eigenvalue weighted by molar-refractivity contribution is 14.0. The number of halogens is 1. The lowest BCUT2D eigenvalue weighted by atomic mass is 9.93. The molecule has 2 aliphatic heterocycles. The summed E-state index contributed by atoms with van der Waals surface area (Å²) in [5.74, 6) is 1.96. The van der Waals surface area contributed by atoms with Crippen molar-refractivity contribution in [1.82, 2.24) is 15.1 Å². The molecule has 0 radical (unpaired) electrons. The van der Waals surface area contributed by atoms with Crippen LogP contribution in [0, 0.1) is 5.92 Å². The van der Waals surface area contributed by atoms with Crippen LogP contribution >= 0.6 is 24.0 Å². The van der Waals surface area contributed by atoms with E-state index in [2.05, 4.69) is 63.4 Å². The highest BCUT2D eigenvalue weighted by Gasteiger charge is 2.19. The largest absolute Gasteiger partial charge is 0.356 e. The molecule has 28 heavy (non-hydrogen) atoms. The van der Waals surface area contributed by atoms with Gasteiger partial charge in [-0.2, -0.15) is 0 Å². The Hall–Kier alpha value is -1.08. The zero-order valence-corrected chi connectivity index (χ0v) is 19.9. The van der Waals surface area contributed by atoms with Gasteiger partial charge in [0.05, 0.1) is 0 Å². The molecule has 0 amide bonds. The molecule has 2 heterocycles. The molecule has 3 rings (SSSR count). The van der Waals surface area contributed by atoms with Gasteiger partial charge in [0, 0.05) is 26.7 Å². The van der Waals surface area contributed by atoms with E-state index in [0.717, 1.165) is 44.4 Å². The van der Waals surface area contributed by atoms with Crippen LogP contribution in [-0.2, 0) is 0 Å². The molecule has 156 valence electrons. The first-order valence-electron chi connectivity index (χ1n) is 10.7. The molecular weight excluding hydrogens is 459 g/mol. The van der Waals surface area contributed by atoms with E-state index in [1.54, 1.807) is 5.57 Å². The predicted octanol–water partition coefficient (Wildman–Crippen LogP) is 4.48. The first-order chi connectivity index (χ1) is 13.3. The lowest BCUT2D eigenvalue weighted by molar-refractivity contribution is 0.187. The number of hydrogen-bond donors (Lipinski definition) is 1. The third-order valence-electron chi connectivity index (χ3n) is 6.08. The summed E-state index contributed by atoms with van der Waals surface area (Å²) in [6.45, 7) is 9.20. The Labute approximate surface area is 188 Å². The van der Waals surface area contributed by atoms with Crippen molar-refractivity contribution in [3.8, 4) is 0 Å². The van der Waals surface area contributed by atoms with Crippen molar-refractivity contribution in [2.24, 2.45) is 10.9 Å². The molecule has 0 saturated carbocycles. The fraction of sp³-hybridized carbons (Fsp3) is 0.609. The maximum Gasteiger partial charge on any atom is 0.193 e. The Morgan fingerprint density at radius 2 is 1.79 bits per heavy atom. The van der Waals surface area contributed by atoms with Gasteiger partial charge in [-0.1, -0.05) is 48.9 Å². The standard InChI is InChI=1S/C23H36N4.HI/c1-3-26-15-10-20(11-16-26)9-14-25-23(24-2)27-17-12-22(13-18-27)19-21-7-5-4-6-8-21;/h4-8,19-20H,3,9-18H2,1-2H3,(H,24,25);1H. The van der Waals surface area contributed by atoms with Crippen LogP contribution in [0.5, 0.6) is 0 Å². The molecule has 0 aliphatic carbocycles. The van der Waals surface area contributed by atoms with Crippen LogP contribution in [-0.4, -0.2) is 62.1 Å². The van der Waals surface area contributed by atoms with Crippen molar-refractivity contribution in [3.05, 3.63) is 41.5 Å². The fourth-order valence-corrected chi connectivity index (χ4v) is 4.25. The number of piperidine rings is 2. The van der Waals surface area contributed by atoms with Crippen molar-refractivity contribution in [1.29, 1.82) is 0 Å². The number of nitrogens with one attached hydrogen (secondary N) is 1. The van der Waals surface area contributed by atoms with Crippen LogP contribution in [0.3, 0.4) is 0 Å². The van der Waals surface area contributed by atoms with Gasteiger partial charge in [0.15, 0.2) is 5.96 Å². The molecule has 1 N–H and O–H groups in total. The van der Waals surface area contributed by atoms with Crippen LogP contribution < -0.4 is 5.32 Å². The molecule has 1 aromatic rings. The van der Waals surface area contributed by atoms with Gasteiger partial charge in [0.1, 0.15) is 0 Å². The summed E-state index contributed by atoms with van der Waals surface area (Å²) in [6, 6.07) is 10.7. The number of likely N-dealkylation sites (tertiary alicyclic amines) is 2. The summed E-state index contributed by atoms with van der Waals surface area (Å²) in [4.78, 5) is 9.52. The maximum absolute atomic E-state index is 4.53. The molecule has 0 bridgehead atoms. The van der Waals surface area contributed by atoms with Crippen molar-refractivity contribution < 1.29 is 0 Å². The summed E-state index contributed by atoms with van der Waals surface area (Å²) in [6.07, 6.45) is 8.59. The second-order valence-electron chi connectivity index (χ2n) is 7.84. The van der Waals surface area contributed by atoms with Crippen LogP contribution in [0.1, 0.15) is 44.6 Å². The average Bonchev–Trinajstić information content (AvgIpc) is 2.73. The third-order valence-corrected chi connectivity index (χ3v) is 6.08. The Morgan fingerprint density at radius 3 is 2.39 bits per heavy atom. The Morgan fingerprint density at radius 1 is 1.11 bits per heavy atom. The second kappa shape index (κ2) is 12.5. The molecule has 2 aliphatic rings. The minimum atomic E-state index is 0. The van der Waals surface area contributed by atoms with Gasteiger partial charge in [-0.05, 0) is 63.2 Å². The minimum absolute atomic E-state index is 0. The first-order valence-corrected chi connectivity index (χ1v) is 10.7. The molecule has 0 atom stereocenters. The molecule has 2 saturated heterocycles. The molecule has 2 fully saturated rings. The Balaban J connectivity index is 0.00000280. The van der Waals surface area contributed by atoms with Gasteiger partial charge < -0.3 is 15.1 Å². The highest BCUT2D eigenvalue weighted by atomic mass is 127. The van der Waals surface area contributed by atoms with E-state index in [1.807, 2.05) is 7.05 Å². The molecule has 1 aromatic carbocycles. The molecule has 4 nitrogen and oxygen atoms in total. The van der Waals surface area contributed by atoms with Crippen molar-refractivity contribution in [3.63, 3.8) is 0 Å². The molecule has 0 spiro atoms. The van der Waals surface area contributed by atoms with Crippen molar-refractivity contribution >= 4 is 36.0 Å². The fourth-order valence-electron chi connectivity index (χ4n) is 4.25. The quantitative estimate of drug-likeness (QED) is 0.371. The van der Waals surface area contributed by atoms with E-state index in [-0.39, 0.29) is 24.0 Å². The summed E-state index contributed by atoms with van der Waals surface area (Å²) in [7, 11) is 1.91. The van der Waals surface area contributed by atoms with E-state index in [9.17, 15) is 0 Å². The zero-order valence-electron chi connectivity index (χ0n) is 17.6. The number of guanidine groups is 1. The van der Waals surface area contributed by atoms with E-state index in [4.69, 9.17) is 0 Å². The average molecular weight is 496 g/mol. The van der Waals surface area contributed by atoms with Crippen LogP contribution in [0.2, 0.25) is 0 Å². The van der Waals surface area contributed by atoms with E-state index >= 15 is 0 Å². The Kier molecular flexibility index (Phi) is 10.3. The zero-order chi connectivity index (χ0) is 18.9. The molecule has 5 heteroatoms. The molecule has 0 aromatic heterocycles. The minimum Gasteiger partial charge on any atom is -0.356 e. The van der Waals surface area contributed by atoms with Crippen LogP contribution in [0.4, 0.5) is 0 Å². The van der Waals surface area contributed by atoms with Crippen LogP contribution in [0.25, 0.3) is 6.08 Å². The van der Waals surface area contributed by atoms with Crippen molar-refractivity contribution in [2.45, 2.75) is 39.0 Å². The number of aliphatic imine (C=N–C) groups is 1. The number of nitrogens with zero attached hydrogens (tertiary/aromatic N) is 3. The van der Waals surface area contributed by atoms with Gasteiger partial charge in [-0.3, -0.25) is 4.99 Å². The molecular formula is C23H37IN4. The van der Waals surface area contributed by atoms with Crippen LogP contribution in [0.15, 0.2) is 40.9 Å². The second-order valence-corrected chi connectivity index (χ2v) is 7.84. The molecule has 0 unspecified atom stereocenters. The monoisotopic (exact) mass is 496 g/mol. The van der Waals surface area contributed by atoms with Gasteiger partial charge in [0.25, 0.3) is 0 Å². The van der Waals surface area contributed by atoms with E-state index in [0.29, 0.717) is 0 Å². The summed E-state index contributed by atoms with van der Waals surface area (Å²) in [5, 5.41) is 3.62. The van der Waals surface area contributed by atoms with Gasteiger partial charge in [-0.15, -0.1) is 24.0 Å². The van der Waals surface area contributed by atoms with Crippen molar-refractivity contribution in [2.75, 3.05) is 46.3 Å². The lowest BCUT2D eigenvalue weighted by Crippen LogP contribution is -2.45. The van der Waals surface area contributed by atoms with Gasteiger partial charge in [0.2, 0.25) is 0 Å². The highest BCUT2D eigenvalue weighted by Crippen LogP contribution is 2.21. The number of benzene rings is 1. The topological polar surface area (TPSA) is 30.9 Å².